The SMILES string of the molecule is COC(=O)CC(C)NCC(C)N(C)C. The predicted molar refractivity (Wildman–Crippen MR) is 57.2 cm³/mol. The summed E-state index contributed by atoms with van der Waals surface area (Å²) in [5, 5.41) is 3.29. The molecule has 0 aliphatic carbocycles. The molecule has 0 heterocycles. The average Bonchev–Trinajstić information content (AvgIpc) is 2.13. The first-order valence-electron chi connectivity index (χ1n) is 4.94. The van der Waals surface area contributed by atoms with Gasteiger partial charge in [-0.1, -0.05) is 0 Å². The largest absolute Gasteiger partial charge is 0.469 e. The van der Waals surface area contributed by atoms with Gasteiger partial charge in [-0.3, -0.25) is 4.79 Å². The zero-order valence-corrected chi connectivity index (χ0v) is 9.83. The molecule has 14 heavy (non-hydrogen) atoms. The topological polar surface area (TPSA) is 41.6 Å². The van der Waals surface area contributed by atoms with Gasteiger partial charge in [0.15, 0.2) is 0 Å². The van der Waals surface area contributed by atoms with Gasteiger partial charge in [-0.05, 0) is 27.9 Å². The highest BCUT2D eigenvalue weighted by atomic mass is 16.5. The van der Waals surface area contributed by atoms with Gasteiger partial charge in [-0.25, -0.2) is 0 Å². The van der Waals surface area contributed by atoms with Crippen LogP contribution in [0.3, 0.4) is 0 Å². The van der Waals surface area contributed by atoms with E-state index in [-0.39, 0.29) is 12.0 Å². The summed E-state index contributed by atoms with van der Waals surface area (Å²) >= 11 is 0. The van der Waals surface area contributed by atoms with Gasteiger partial charge in [-0.15, -0.1) is 0 Å². The normalized spacial score (nSPS) is 15.3. The molecule has 0 saturated carbocycles. The molecule has 0 amide bonds. The third-order valence-electron chi connectivity index (χ3n) is 2.34. The van der Waals surface area contributed by atoms with E-state index in [2.05, 4.69) is 21.9 Å². The highest BCUT2D eigenvalue weighted by molar-refractivity contribution is 5.69. The number of likely N-dealkylation sites (N-methyl/N-ethyl adjacent to an activating group) is 1. The fraction of sp³-hybridized carbons (Fsp3) is 0.900. The fourth-order valence-corrected chi connectivity index (χ4v) is 0.960. The smallest absolute Gasteiger partial charge is 0.307 e. The molecule has 0 aromatic carbocycles. The molecule has 1 N–H and O–H groups in total. The van der Waals surface area contributed by atoms with E-state index in [9.17, 15) is 4.79 Å². The van der Waals surface area contributed by atoms with Crippen molar-refractivity contribution in [1.29, 1.82) is 0 Å². The van der Waals surface area contributed by atoms with Crippen molar-refractivity contribution in [3.63, 3.8) is 0 Å². The number of ether oxygens (including phenoxy) is 1. The molecular weight excluding hydrogens is 180 g/mol. The van der Waals surface area contributed by atoms with Crippen molar-refractivity contribution >= 4 is 5.97 Å². The zero-order valence-electron chi connectivity index (χ0n) is 9.83. The molecule has 2 atom stereocenters. The van der Waals surface area contributed by atoms with E-state index in [0.717, 1.165) is 6.54 Å². The van der Waals surface area contributed by atoms with Gasteiger partial charge < -0.3 is 15.0 Å². The second kappa shape index (κ2) is 6.79. The van der Waals surface area contributed by atoms with Crippen LogP contribution in [0.2, 0.25) is 0 Å². The highest BCUT2D eigenvalue weighted by Crippen LogP contribution is 1.95. The predicted octanol–water partition coefficient (Wildman–Crippen LogP) is 0.478. The first-order chi connectivity index (χ1) is 6.47. The van der Waals surface area contributed by atoms with Crippen molar-refractivity contribution in [1.82, 2.24) is 10.2 Å². The summed E-state index contributed by atoms with van der Waals surface area (Å²) in [5.41, 5.74) is 0. The summed E-state index contributed by atoms with van der Waals surface area (Å²) in [7, 11) is 5.49. The number of hydrogen-bond donors (Lipinski definition) is 1. The van der Waals surface area contributed by atoms with E-state index in [4.69, 9.17) is 0 Å². The van der Waals surface area contributed by atoms with Crippen LogP contribution in [0, 0.1) is 0 Å². The van der Waals surface area contributed by atoms with Crippen LogP contribution in [0.1, 0.15) is 20.3 Å². The van der Waals surface area contributed by atoms with Crippen molar-refractivity contribution in [2.24, 2.45) is 0 Å². The lowest BCUT2D eigenvalue weighted by Gasteiger charge is -2.22. The second-order valence-corrected chi connectivity index (χ2v) is 3.90. The molecule has 0 aromatic heterocycles. The molecule has 0 aliphatic rings. The van der Waals surface area contributed by atoms with Crippen molar-refractivity contribution in [3.8, 4) is 0 Å². The fourth-order valence-electron chi connectivity index (χ4n) is 0.960. The van der Waals surface area contributed by atoms with Crippen LogP contribution in [0.5, 0.6) is 0 Å². The van der Waals surface area contributed by atoms with Gasteiger partial charge in [0.1, 0.15) is 0 Å². The van der Waals surface area contributed by atoms with E-state index in [1.54, 1.807) is 0 Å². The summed E-state index contributed by atoms with van der Waals surface area (Å²) in [6, 6.07) is 0.639. The van der Waals surface area contributed by atoms with Gasteiger partial charge in [-0.2, -0.15) is 0 Å². The van der Waals surface area contributed by atoms with Crippen LogP contribution in [0.15, 0.2) is 0 Å². The first kappa shape index (κ1) is 13.4. The lowest BCUT2D eigenvalue weighted by molar-refractivity contribution is -0.141. The summed E-state index contributed by atoms with van der Waals surface area (Å²) in [5.74, 6) is -0.164. The Morgan fingerprint density at radius 1 is 1.43 bits per heavy atom. The molecular formula is C10H22N2O2. The summed E-state index contributed by atoms with van der Waals surface area (Å²) in [6.07, 6.45) is 0.427. The van der Waals surface area contributed by atoms with Gasteiger partial charge in [0.2, 0.25) is 0 Å². The summed E-state index contributed by atoms with van der Waals surface area (Å²) in [4.78, 5) is 13.1. The van der Waals surface area contributed by atoms with Crippen molar-refractivity contribution in [2.75, 3.05) is 27.7 Å². The lowest BCUT2D eigenvalue weighted by Crippen LogP contribution is -2.40. The molecule has 0 spiro atoms. The lowest BCUT2D eigenvalue weighted by atomic mass is 10.2. The quantitative estimate of drug-likeness (QED) is 0.636. The number of nitrogens with one attached hydrogen (secondary N) is 1. The second-order valence-electron chi connectivity index (χ2n) is 3.90. The van der Waals surface area contributed by atoms with E-state index in [0.29, 0.717) is 12.5 Å². The standard InChI is InChI=1S/C10H22N2O2/c1-8(6-10(13)14-5)11-7-9(2)12(3)4/h8-9,11H,6-7H2,1-5H3. The number of rotatable bonds is 6. The van der Waals surface area contributed by atoms with E-state index >= 15 is 0 Å². The minimum atomic E-state index is -0.164. The molecule has 0 bridgehead atoms. The van der Waals surface area contributed by atoms with Crippen LogP contribution < -0.4 is 5.32 Å². The van der Waals surface area contributed by atoms with Crippen LogP contribution in [-0.2, 0) is 9.53 Å². The van der Waals surface area contributed by atoms with Gasteiger partial charge >= 0.3 is 5.97 Å². The number of carbonyl (C=O) groups is 1. The van der Waals surface area contributed by atoms with E-state index in [1.165, 1.54) is 7.11 Å². The zero-order chi connectivity index (χ0) is 11.1. The monoisotopic (exact) mass is 202 g/mol. The Morgan fingerprint density at radius 2 is 2.00 bits per heavy atom. The van der Waals surface area contributed by atoms with E-state index in [1.807, 2.05) is 21.0 Å². The van der Waals surface area contributed by atoms with Crippen molar-refractivity contribution in [2.45, 2.75) is 32.4 Å². The molecule has 4 heteroatoms. The minimum Gasteiger partial charge on any atom is -0.469 e. The van der Waals surface area contributed by atoms with Gasteiger partial charge in [0.25, 0.3) is 0 Å². The van der Waals surface area contributed by atoms with Crippen LogP contribution in [0.25, 0.3) is 0 Å². The summed E-state index contributed by atoms with van der Waals surface area (Å²) in [6.45, 7) is 5.00. The molecule has 0 fully saturated rings. The molecule has 0 rings (SSSR count). The number of esters is 1. The van der Waals surface area contributed by atoms with Crippen molar-refractivity contribution in [3.05, 3.63) is 0 Å². The Labute approximate surface area is 86.6 Å². The van der Waals surface area contributed by atoms with Crippen LogP contribution in [-0.4, -0.2) is 50.7 Å². The van der Waals surface area contributed by atoms with Crippen LogP contribution >= 0.6 is 0 Å². The first-order valence-corrected chi connectivity index (χ1v) is 4.94. The summed E-state index contributed by atoms with van der Waals surface area (Å²) < 4.78 is 4.59. The maximum atomic E-state index is 10.9. The third kappa shape index (κ3) is 5.94. The number of methoxy groups -OCH3 is 1. The number of hydrogen-bond acceptors (Lipinski definition) is 4. The maximum Gasteiger partial charge on any atom is 0.307 e. The minimum absolute atomic E-state index is 0.164. The molecule has 0 saturated heterocycles. The van der Waals surface area contributed by atoms with Crippen molar-refractivity contribution < 1.29 is 9.53 Å². The molecule has 0 aromatic rings. The molecule has 2 unspecified atom stereocenters. The maximum absolute atomic E-state index is 10.9. The Balaban J connectivity index is 3.63. The van der Waals surface area contributed by atoms with Gasteiger partial charge in [0.05, 0.1) is 13.5 Å². The molecule has 84 valence electrons. The molecule has 4 nitrogen and oxygen atoms in total. The Kier molecular flexibility index (Phi) is 6.49. The highest BCUT2D eigenvalue weighted by Gasteiger charge is 2.10. The Bertz CT molecular complexity index is 172. The van der Waals surface area contributed by atoms with Gasteiger partial charge in [0, 0.05) is 18.6 Å². The third-order valence-corrected chi connectivity index (χ3v) is 2.34. The Morgan fingerprint density at radius 3 is 2.43 bits per heavy atom. The average molecular weight is 202 g/mol. The van der Waals surface area contributed by atoms with Crippen LogP contribution in [0.4, 0.5) is 0 Å². The van der Waals surface area contributed by atoms with E-state index < -0.39 is 0 Å². The molecule has 0 radical (unpaired) electrons. The number of carbonyl (C=O) groups excluding carboxylic acids is 1. The molecule has 0 aliphatic heterocycles. The number of nitrogens with zero attached hydrogens (tertiary/aromatic N) is 1. The Hall–Kier alpha value is -0.610.